The van der Waals surface area contributed by atoms with Crippen molar-refractivity contribution in [1.82, 2.24) is 34.8 Å². The minimum Gasteiger partial charge on any atom is -0.507 e. The summed E-state index contributed by atoms with van der Waals surface area (Å²) in [5.41, 5.74) is 4.19. The van der Waals surface area contributed by atoms with E-state index in [1.807, 2.05) is 24.3 Å². The van der Waals surface area contributed by atoms with Gasteiger partial charge < -0.3 is 15.1 Å². The van der Waals surface area contributed by atoms with Crippen molar-refractivity contribution < 1.29 is 19.8 Å². The van der Waals surface area contributed by atoms with E-state index in [-0.39, 0.29) is 46.5 Å². The van der Waals surface area contributed by atoms with Crippen LogP contribution in [0.25, 0.3) is 56.7 Å². The standard InChI is InChI=1S/C40H31N7O4/c1-23(48)26-12-4-5-13-27(26)36-41-34(43-38(45-36)30-16-8-10-18-32(30)49)24-20-21-25(22-24)35-42-37(28-14-6-7-15-29(28)40(51)47(2)3)46-39(44-35)31-17-9-11-19-33(31)50/h4-21,49-50H,22H2,1-3H3. The number of allylic oxidation sites excluding steroid dienone is 4. The number of amides is 1. The minimum absolute atomic E-state index is 0.00195. The highest BCUT2D eigenvalue weighted by molar-refractivity contribution is 6.01. The van der Waals surface area contributed by atoms with Crippen LogP contribution >= 0.6 is 0 Å². The van der Waals surface area contributed by atoms with Crippen LogP contribution in [0.2, 0.25) is 0 Å². The summed E-state index contributed by atoms with van der Waals surface area (Å²) in [6.45, 7) is 1.49. The zero-order valence-electron chi connectivity index (χ0n) is 27.9. The lowest BCUT2D eigenvalue weighted by molar-refractivity contribution is 0.0828. The average molecular weight is 674 g/mol. The first-order valence-corrected chi connectivity index (χ1v) is 16.1. The smallest absolute Gasteiger partial charge is 0.254 e. The van der Waals surface area contributed by atoms with Crippen LogP contribution in [-0.2, 0) is 0 Å². The van der Waals surface area contributed by atoms with Crippen LogP contribution in [0, 0.1) is 0 Å². The van der Waals surface area contributed by atoms with E-state index in [1.54, 1.807) is 99.0 Å². The van der Waals surface area contributed by atoms with E-state index in [0.29, 0.717) is 51.5 Å². The average Bonchev–Trinajstić information content (AvgIpc) is 3.65. The zero-order valence-corrected chi connectivity index (χ0v) is 27.9. The summed E-state index contributed by atoms with van der Waals surface area (Å²) in [5.74, 6) is 1.37. The first-order valence-electron chi connectivity index (χ1n) is 16.1. The molecule has 1 amide bonds. The van der Waals surface area contributed by atoms with Crippen molar-refractivity contribution in [2.24, 2.45) is 0 Å². The molecule has 11 nitrogen and oxygen atoms in total. The number of hydrogen-bond acceptors (Lipinski definition) is 10. The molecule has 2 N–H and O–H groups in total. The maximum absolute atomic E-state index is 13.2. The molecule has 1 aliphatic carbocycles. The Hall–Kier alpha value is -6.88. The fraction of sp³-hybridized carbons (Fsp3) is 0.100. The van der Waals surface area contributed by atoms with Gasteiger partial charge in [0, 0.05) is 48.4 Å². The van der Waals surface area contributed by atoms with Gasteiger partial charge >= 0.3 is 0 Å². The normalized spacial score (nSPS) is 12.3. The zero-order chi connectivity index (χ0) is 35.6. The Morgan fingerprint density at radius 1 is 0.510 bits per heavy atom. The van der Waals surface area contributed by atoms with E-state index in [1.165, 1.54) is 11.8 Å². The summed E-state index contributed by atoms with van der Waals surface area (Å²) < 4.78 is 0. The van der Waals surface area contributed by atoms with E-state index >= 15 is 0 Å². The largest absolute Gasteiger partial charge is 0.507 e. The summed E-state index contributed by atoms with van der Waals surface area (Å²) in [6.07, 6.45) is 4.05. The van der Waals surface area contributed by atoms with Crippen molar-refractivity contribution in [3.8, 4) is 57.1 Å². The lowest BCUT2D eigenvalue weighted by atomic mass is 10.0. The molecular formula is C40H31N7O4. The number of nitrogens with zero attached hydrogens (tertiary/aromatic N) is 7. The molecular weight excluding hydrogens is 642 g/mol. The number of carbonyl (C=O) groups is 2. The first kappa shape index (κ1) is 32.7. The van der Waals surface area contributed by atoms with Crippen LogP contribution in [-0.4, -0.2) is 70.8 Å². The van der Waals surface area contributed by atoms with Crippen molar-refractivity contribution in [3.63, 3.8) is 0 Å². The van der Waals surface area contributed by atoms with Crippen LogP contribution < -0.4 is 0 Å². The number of aromatic nitrogens is 6. The predicted octanol–water partition coefficient (Wildman–Crippen LogP) is 6.91. The molecule has 0 spiro atoms. The van der Waals surface area contributed by atoms with Gasteiger partial charge in [-0.1, -0.05) is 78.9 Å². The number of hydrogen-bond donors (Lipinski definition) is 2. The summed E-state index contributed by atoms with van der Waals surface area (Å²) >= 11 is 0. The molecule has 1 aliphatic rings. The predicted molar refractivity (Wildman–Crippen MR) is 193 cm³/mol. The molecule has 51 heavy (non-hydrogen) atoms. The van der Waals surface area contributed by atoms with Crippen molar-refractivity contribution >= 4 is 22.8 Å². The van der Waals surface area contributed by atoms with Crippen molar-refractivity contribution in [3.05, 3.63) is 132 Å². The third-order valence-corrected chi connectivity index (χ3v) is 8.35. The number of phenols is 2. The van der Waals surface area contributed by atoms with Crippen LogP contribution in [0.4, 0.5) is 0 Å². The van der Waals surface area contributed by atoms with Crippen LogP contribution in [0.15, 0.2) is 109 Å². The molecule has 0 fully saturated rings. The molecule has 6 aromatic rings. The van der Waals surface area contributed by atoms with Crippen LogP contribution in [0.1, 0.15) is 45.7 Å². The Bertz CT molecular complexity index is 2420. The highest BCUT2D eigenvalue weighted by atomic mass is 16.3. The Kier molecular flexibility index (Phi) is 8.68. The quantitative estimate of drug-likeness (QED) is 0.163. The maximum atomic E-state index is 13.2. The third kappa shape index (κ3) is 6.47. The Labute approximate surface area is 293 Å². The number of phenolic OH excluding ortho intramolecular Hbond substituents is 2. The van der Waals surface area contributed by atoms with Gasteiger partial charge in [-0.25, -0.2) is 29.9 Å². The second-order valence-corrected chi connectivity index (χ2v) is 12.1. The number of benzene rings is 4. The molecule has 11 heteroatoms. The molecule has 4 aromatic carbocycles. The number of carbonyl (C=O) groups excluding carboxylic acids is 2. The molecule has 0 aliphatic heterocycles. The molecule has 0 radical (unpaired) electrons. The Morgan fingerprint density at radius 3 is 1.29 bits per heavy atom. The van der Waals surface area contributed by atoms with E-state index < -0.39 is 0 Å². The highest BCUT2D eigenvalue weighted by Crippen LogP contribution is 2.36. The van der Waals surface area contributed by atoms with Gasteiger partial charge in [0.15, 0.2) is 40.7 Å². The van der Waals surface area contributed by atoms with E-state index in [9.17, 15) is 19.8 Å². The lowest BCUT2D eigenvalue weighted by Crippen LogP contribution is -2.22. The van der Waals surface area contributed by atoms with Crippen molar-refractivity contribution in [1.29, 1.82) is 0 Å². The second-order valence-electron chi connectivity index (χ2n) is 12.1. The fourth-order valence-electron chi connectivity index (χ4n) is 5.77. The minimum atomic E-state index is -0.210. The van der Waals surface area contributed by atoms with Gasteiger partial charge in [-0.3, -0.25) is 9.59 Å². The number of ketones is 1. The molecule has 7 rings (SSSR count). The lowest BCUT2D eigenvalue weighted by Gasteiger charge is -2.15. The number of Topliss-reactive ketones (excluding diaryl/α,β-unsaturated/α-hetero) is 1. The topological polar surface area (TPSA) is 155 Å². The van der Waals surface area contributed by atoms with Gasteiger partial charge in [0.2, 0.25) is 0 Å². The summed E-state index contributed by atoms with van der Waals surface area (Å²) in [7, 11) is 3.36. The van der Waals surface area contributed by atoms with Crippen LogP contribution in [0.3, 0.4) is 0 Å². The summed E-state index contributed by atoms with van der Waals surface area (Å²) in [6, 6.07) is 27.7. The number of rotatable bonds is 8. The number of para-hydroxylation sites is 2. The van der Waals surface area contributed by atoms with Gasteiger partial charge in [0.1, 0.15) is 11.5 Å². The first-order chi connectivity index (χ1) is 24.7. The van der Waals surface area contributed by atoms with E-state index in [4.69, 9.17) is 29.9 Å². The molecule has 0 saturated carbocycles. The molecule has 0 saturated heterocycles. The third-order valence-electron chi connectivity index (χ3n) is 8.35. The van der Waals surface area contributed by atoms with Gasteiger partial charge in [0.25, 0.3) is 5.91 Å². The molecule has 250 valence electrons. The van der Waals surface area contributed by atoms with E-state index in [0.717, 1.165) is 11.1 Å². The maximum Gasteiger partial charge on any atom is 0.254 e. The fourth-order valence-corrected chi connectivity index (χ4v) is 5.77. The van der Waals surface area contributed by atoms with Gasteiger partial charge in [0.05, 0.1) is 16.7 Å². The number of aromatic hydroxyl groups is 2. The molecule has 0 atom stereocenters. The van der Waals surface area contributed by atoms with Gasteiger partial charge in [-0.15, -0.1) is 0 Å². The van der Waals surface area contributed by atoms with Crippen LogP contribution in [0.5, 0.6) is 11.5 Å². The Morgan fingerprint density at radius 2 is 0.863 bits per heavy atom. The van der Waals surface area contributed by atoms with Crippen molar-refractivity contribution in [2.75, 3.05) is 14.1 Å². The monoisotopic (exact) mass is 673 g/mol. The summed E-state index contributed by atoms with van der Waals surface area (Å²) in [5, 5.41) is 21.5. The highest BCUT2D eigenvalue weighted by Gasteiger charge is 2.24. The molecule has 0 bridgehead atoms. The second kappa shape index (κ2) is 13.6. The van der Waals surface area contributed by atoms with Crippen molar-refractivity contribution in [2.45, 2.75) is 13.3 Å². The van der Waals surface area contributed by atoms with E-state index in [2.05, 4.69) is 0 Å². The van der Waals surface area contributed by atoms with Gasteiger partial charge in [-0.05, 0) is 37.3 Å². The molecule has 0 unspecified atom stereocenters. The Balaban J connectivity index is 1.33. The summed E-state index contributed by atoms with van der Waals surface area (Å²) in [4.78, 5) is 55.9. The molecule has 2 heterocycles. The molecule has 2 aromatic heterocycles. The SMILES string of the molecule is CC(=O)c1ccccc1-c1nc(C2=CC=C(c3nc(-c4ccccc4O)nc(-c4ccccc4C(=O)N(C)C)n3)C2)nc(-c2ccccc2O)n1. The van der Waals surface area contributed by atoms with Gasteiger partial charge in [-0.2, -0.15) is 0 Å².